The second-order valence-electron chi connectivity index (χ2n) is 7.48. The van der Waals surface area contributed by atoms with E-state index in [1.165, 1.54) is 6.07 Å². The van der Waals surface area contributed by atoms with Gasteiger partial charge in [-0.05, 0) is 50.5 Å². The van der Waals surface area contributed by atoms with Crippen molar-refractivity contribution in [1.29, 1.82) is 0 Å². The molecule has 142 valence electrons. The van der Waals surface area contributed by atoms with Crippen molar-refractivity contribution in [3.8, 4) is 0 Å². The van der Waals surface area contributed by atoms with Crippen LogP contribution in [0.4, 0.5) is 9.18 Å². The van der Waals surface area contributed by atoms with Crippen LogP contribution in [0.15, 0.2) is 36.8 Å². The third-order valence-electron chi connectivity index (χ3n) is 5.30. The Kier molecular flexibility index (Phi) is 4.37. The Bertz CT molecular complexity index is 992. The maximum atomic E-state index is 13.6. The van der Waals surface area contributed by atoms with Gasteiger partial charge in [0, 0.05) is 48.6 Å². The van der Waals surface area contributed by atoms with E-state index in [9.17, 15) is 9.18 Å². The largest absolute Gasteiger partial charge is 0.350 e. The van der Waals surface area contributed by atoms with Crippen molar-refractivity contribution in [2.45, 2.75) is 44.8 Å². The first-order valence-electron chi connectivity index (χ1n) is 9.25. The second-order valence-corrected chi connectivity index (χ2v) is 7.48. The summed E-state index contributed by atoms with van der Waals surface area (Å²) in [6.45, 7) is 4.07. The molecule has 7 heteroatoms. The van der Waals surface area contributed by atoms with Crippen LogP contribution in [0, 0.1) is 5.82 Å². The normalized spacial score (nSPS) is 19.9. The van der Waals surface area contributed by atoms with Crippen molar-refractivity contribution in [1.82, 2.24) is 24.8 Å². The van der Waals surface area contributed by atoms with Gasteiger partial charge in [0.15, 0.2) is 0 Å². The van der Waals surface area contributed by atoms with Gasteiger partial charge in [-0.15, -0.1) is 0 Å². The molecule has 0 spiro atoms. The third kappa shape index (κ3) is 3.29. The number of nitrogens with one attached hydrogen (secondary N) is 2. The zero-order valence-electron chi connectivity index (χ0n) is 15.7. The van der Waals surface area contributed by atoms with Gasteiger partial charge in [0.25, 0.3) is 0 Å². The van der Waals surface area contributed by atoms with Gasteiger partial charge in [0.1, 0.15) is 11.6 Å². The van der Waals surface area contributed by atoms with E-state index in [2.05, 4.69) is 27.1 Å². The molecule has 0 saturated carbocycles. The SMILES string of the molecule is CC(Cc1cn(C)c2ccc(F)cc12)NC(=O)NC1CC(C)n2ccnc21. The lowest BCUT2D eigenvalue weighted by atomic mass is 10.1. The molecule has 2 aromatic heterocycles. The smallest absolute Gasteiger partial charge is 0.315 e. The summed E-state index contributed by atoms with van der Waals surface area (Å²) in [6.07, 6.45) is 7.18. The van der Waals surface area contributed by atoms with Gasteiger partial charge >= 0.3 is 6.03 Å². The standard InChI is InChI=1S/C20H24FN5O/c1-12(8-14-11-25(3)18-5-4-15(21)10-16(14)18)23-20(27)24-17-9-13(2)26-7-6-22-19(17)26/h4-7,10-13,17H,8-9H2,1-3H3,(H2,23,24,27). The monoisotopic (exact) mass is 369 g/mol. The number of urea groups is 1. The van der Waals surface area contributed by atoms with E-state index in [4.69, 9.17) is 0 Å². The molecule has 3 aromatic rings. The number of aryl methyl sites for hydroxylation is 1. The molecule has 0 aliphatic carbocycles. The molecule has 3 unspecified atom stereocenters. The molecule has 0 bridgehead atoms. The maximum Gasteiger partial charge on any atom is 0.315 e. The number of carbonyl (C=O) groups is 1. The van der Waals surface area contributed by atoms with E-state index in [-0.39, 0.29) is 23.9 Å². The number of benzene rings is 1. The van der Waals surface area contributed by atoms with E-state index in [1.807, 2.05) is 30.9 Å². The molecule has 27 heavy (non-hydrogen) atoms. The summed E-state index contributed by atoms with van der Waals surface area (Å²) in [5.41, 5.74) is 2.00. The first kappa shape index (κ1) is 17.6. The maximum absolute atomic E-state index is 13.6. The summed E-state index contributed by atoms with van der Waals surface area (Å²) < 4.78 is 17.7. The van der Waals surface area contributed by atoms with Crippen LogP contribution in [-0.4, -0.2) is 26.2 Å². The fourth-order valence-electron chi connectivity index (χ4n) is 4.06. The van der Waals surface area contributed by atoms with Crippen molar-refractivity contribution in [2.24, 2.45) is 7.05 Å². The van der Waals surface area contributed by atoms with E-state index >= 15 is 0 Å². The summed E-state index contributed by atoms with van der Waals surface area (Å²) in [6, 6.07) is 4.76. The minimum Gasteiger partial charge on any atom is -0.350 e. The minimum absolute atomic E-state index is 0.0751. The number of hydrogen-bond acceptors (Lipinski definition) is 2. The second kappa shape index (κ2) is 6.72. The fraction of sp³-hybridized carbons (Fsp3) is 0.400. The van der Waals surface area contributed by atoms with Crippen LogP contribution in [0.5, 0.6) is 0 Å². The molecular formula is C20H24FN5O. The number of halogens is 1. The Morgan fingerprint density at radius 2 is 2.26 bits per heavy atom. The highest BCUT2D eigenvalue weighted by molar-refractivity contribution is 5.84. The van der Waals surface area contributed by atoms with Crippen LogP contribution in [0.1, 0.15) is 43.7 Å². The van der Waals surface area contributed by atoms with Gasteiger partial charge in [-0.2, -0.15) is 0 Å². The number of nitrogens with zero attached hydrogens (tertiary/aromatic N) is 3. The minimum atomic E-state index is -0.251. The third-order valence-corrected chi connectivity index (χ3v) is 5.30. The Labute approximate surface area is 157 Å². The average molecular weight is 369 g/mol. The van der Waals surface area contributed by atoms with Crippen LogP contribution >= 0.6 is 0 Å². The Morgan fingerprint density at radius 1 is 1.44 bits per heavy atom. The van der Waals surface area contributed by atoms with Crippen LogP contribution in [-0.2, 0) is 13.5 Å². The molecule has 1 aromatic carbocycles. The van der Waals surface area contributed by atoms with E-state index in [0.717, 1.165) is 28.7 Å². The summed E-state index contributed by atoms with van der Waals surface area (Å²) in [4.78, 5) is 16.8. The zero-order valence-corrected chi connectivity index (χ0v) is 15.7. The molecule has 3 atom stereocenters. The molecule has 3 heterocycles. The molecule has 2 N–H and O–H groups in total. The first-order valence-corrected chi connectivity index (χ1v) is 9.25. The number of aromatic nitrogens is 3. The van der Waals surface area contributed by atoms with Gasteiger partial charge in [-0.1, -0.05) is 0 Å². The van der Waals surface area contributed by atoms with Crippen LogP contribution in [0.2, 0.25) is 0 Å². The van der Waals surface area contributed by atoms with Crippen LogP contribution < -0.4 is 10.6 Å². The highest BCUT2D eigenvalue weighted by Gasteiger charge is 2.30. The molecule has 0 radical (unpaired) electrons. The van der Waals surface area contributed by atoms with Gasteiger partial charge in [0.2, 0.25) is 0 Å². The summed E-state index contributed by atoms with van der Waals surface area (Å²) in [7, 11) is 1.94. The fourth-order valence-corrected chi connectivity index (χ4v) is 4.06. The van der Waals surface area contributed by atoms with Gasteiger partial charge in [-0.25, -0.2) is 14.2 Å². The summed E-state index contributed by atoms with van der Waals surface area (Å²) in [5, 5.41) is 6.90. The zero-order chi connectivity index (χ0) is 19.1. The predicted octanol–water partition coefficient (Wildman–Crippen LogP) is 3.45. The van der Waals surface area contributed by atoms with E-state index in [0.29, 0.717) is 12.5 Å². The Balaban J connectivity index is 1.41. The molecule has 1 aliphatic heterocycles. The van der Waals surface area contributed by atoms with Gasteiger partial charge in [-0.3, -0.25) is 0 Å². The molecule has 6 nitrogen and oxygen atoms in total. The molecule has 2 amide bonds. The summed E-state index contributed by atoms with van der Waals surface area (Å²) >= 11 is 0. The molecular weight excluding hydrogens is 345 g/mol. The Morgan fingerprint density at radius 3 is 3.07 bits per heavy atom. The number of rotatable bonds is 4. The number of fused-ring (bicyclic) bond motifs is 2. The lowest BCUT2D eigenvalue weighted by Crippen LogP contribution is -2.42. The molecule has 0 fully saturated rings. The van der Waals surface area contributed by atoms with Gasteiger partial charge in [0.05, 0.1) is 6.04 Å². The van der Waals surface area contributed by atoms with Gasteiger partial charge < -0.3 is 19.8 Å². The lowest BCUT2D eigenvalue weighted by Gasteiger charge is -2.17. The average Bonchev–Trinajstić information content (AvgIpc) is 3.26. The number of carbonyl (C=O) groups excluding carboxylic acids is 1. The molecule has 4 rings (SSSR count). The quantitative estimate of drug-likeness (QED) is 0.740. The van der Waals surface area contributed by atoms with Crippen molar-refractivity contribution < 1.29 is 9.18 Å². The topological polar surface area (TPSA) is 63.9 Å². The summed E-state index contributed by atoms with van der Waals surface area (Å²) in [5.74, 6) is 0.647. The molecule has 0 saturated heterocycles. The lowest BCUT2D eigenvalue weighted by molar-refractivity contribution is 0.233. The van der Waals surface area contributed by atoms with E-state index in [1.54, 1.807) is 18.3 Å². The highest BCUT2D eigenvalue weighted by atomic mass is 19.1. The number of imidazole rings is 1. The van der Waals surface area contributed by atoms with Crippen LogP contribution in [0.3, 0.4) is 0 Å². The predicted molar refractivity (Wildman–Crippen MR) is 102 cm³/mol. The Hall–Kier alpha value is -2.83. The highest BCUT2D eigenvalue weighted by Crippen LogP contribution is 2.32. The van der Waals surface area contributed by atoms with E-state index < -0.39 is 0 Å². The number of hydrogen-bond donors (Lipinski definition) is 2. The van der Waals surface area contributed by atoms with Crippen LogP contribution in [0.25, 0.3) is 10.9 Å². The number of amides is 2. The van der Waals surface area contributed by atoms with Crippen molar-refractivity contribution in [2.75, 3.05) is 0 Å². The first-order chi connectivity index (χ1) is 12.9. The van der Waals surface area contributed by atoms with Crippen molar-refractivity contribution >= 4 is 16.9 Å². The molecule has 1 aliphatic rings. The van der Waals surface area contributed by atoms with Crippen molar-refractivity contribution in [3.05, 3.63) is 54.0 Å². The van der Waals surface area contributed by atoms with Crippen molar-refractivity contribution in [3.63, 3.8) is 0 Å².